The minimum Gasteiger partial charge on any atom is -0.378 e. The summed E-state index contributed by atoms with van der Waals surface area (Å²) in [4.78, 5) is 25.3. The van der Waals surface area contributed by atoms with Crippen molar-refractivity contribution >= 4 is 11.7 Å². The Labute approximate surface area is 102 Å². The average molecular weight is 239 g/mol. The van der Waals surface area contributed by atoms with Crippen LogP contribution in [-0.2, 0) is 14.3 Å². The highest BCUT2D eigenvalue weighted by atomic mass is 16.5. The van der Waals surface area contributed by atoms with Crippen LogP contribution >= 0.6 is 0 Å². The molecule has 2 rings (SSSR count). The van der Waals surface area contributed by atoms with Gasteiger partial charge in [-0.25, -0.2) is 0 Å². The van der Waals surface area contributed by atoms with Gasteiger partial charge < -0.3 is 9.64 Å². The molecule has 0 radical (unpaired) electrons. The number of carbonyl (C=O) groups excluding carboxylic acids is 2. The van der Waals surface area contributed by atoms with Gasteiger partial charge in [0.2, 0.25) is 5.91 Å². The Morgan fingerprint density at radius 1 is 1.35 bits per heavy atom. The fourth-order valence-electron chi connectivity index (χ4n) is 2.77. The maximum atomic E-state index is 12.2. The summed E-state index contributed by atoms with van der Waals surface area (Å²) in [5, 5.41) is 0. The van der Waals surface area contributed by atoms with Crippen molar-refractivity contribution in [2.75, 3.05) is 13.7 Å². The van der Waals surface area contributed by atoms with Crippen LogP contribution < -0.4 is 0 Å². The molecule has 1 aliphatic carbocycles. The number of rotatable bonds is 2. The summed E-state index contributed by atoms with van der Waals surface area (Å²) in [7, 11) is 1.87. The van der Waals surface area contributed by atoms with Gasteiger partial charge in [0, 0.05) is 25.9 Å². The molecule has 2 unspecified atom stereocenters. The Balaban J connectivity index is 1.88. The van der Waals surface area contributed by atoms with E-state index in [-0.39, 0.29) is 24.0 Å². The molecule has 1 heterocycles. The van der Waals surface area contributed by atoms with E-state index in [1.165, 1.54) is 0 Å². The normalized spacial score (nSPS) is 30.6. The molecule has 4 heteroatoms. The van der Waals surface area contributed by atoms with Crippen molar-refractivity contribution in [1.29, 1.82) is 0 Å². The first-order chi connectivity index (χ1) is 8.08. The zero-order valence-electron chi connectivity index (χ0n) is 10.6. The molecule has 4 nitrogen and oxygen atoms in total. The van der Waals surface area contributed by atoms with E-state index in [1.807, 2.05) is 18.9 Å². The lowest BCUT2D eigenvalue weighted by molar-refractivity contribution is -0.138. The van der Waals surface area contributed by atoms with Gasteiger partial charge >= 0.3 is 0 Å². The van der Waals surface area contributed by atoms with Gasteiger partial charge in [0.05, 0.1) is 18.6 Å². The van der Waals surface area contributed by atoms with E-state index in [4.69, 9.17) is 4.74 Å². The minimum absolute atomic E-state index is 0.0210. The van der Waals surface area contributed by atoms with Crippen molar-refractivity contribution in [3.8, 4) is 0 Å². The van der Waals surface area contributed by atoms with E-state index in [0.717, 1.165) is 19.3 Å². The van der Waals surface area contributed by atoms with Crippen LogP contribution in [0.5, 0.6) is 0 Å². The molecule has 0 aromatic rings. The second-order valence-electron chi connectivity index (χ2n) is 5.30. The predicted octanol–water partition coefficient (Wildman–Crippen LogP) is 1.38. The third-order valence-electron chi connectivity index (χ3n) is 3.96. The largest absolute Gasteiger partial charge is 0.378 e. The number of hydrogen-bond acceptors (Lipinski definition) is 3. The topological polar surface area (TPSA) is 46.6 Å². The van der Waals surface area contributed by atoms with E-state index in [2.05, 4.69) is 0 Å². The first-order valence-corrected chi connectivity index (χ1v) is 6.48. The van der Waals surface area contributed by atoms with Crippen LogP contribution in [0.3, 0.4) is 0 Å². The molecule has 1 saturated carbocycles. The summed E-state index contributed by atoms with van der Waals surface area (Å²) in [6.45, 7) is 2.56. The van der Waals surface area contributed by atoms with Gasteiger partial charge in [-0.3, -0.25) is 9.59 Å². The molecular weight excluding hydrogens is 218 g/mol. The van der Waals surface area contributed by atoms with Gasteiger partial charge in [-0.2, -0.15) is 0 Å². The van der Waals surface area contributed by atoms with Gasteiger partial charge in [-0.15, -0.1) is 0 Å². The number of Topliss-reactive ketones (excluding diaryl/α,β-unsaturated/α-hetero) is 1. The van der Waals surface area contributed by atoms with Gasteiger partial charge in [0.15, 0.2) is 0 Å². The molecule has 96 valence electrons. The summed E-state index contributed by atoms with van der Waals surface area (Å²) >= 11 is 0. The van der Waals surface area contributed by atoms with Crippen LogP contribution in [0.2, 0.25) is 0 Å². The molecule has 1 saturated heterocycles. The molecule has 0 aromatic carbocycles. The number of ether oxygens (including phenoxy) is 1. The fourth-order valence-corrected chi connectivity index (χ4v) is 2.77. The molecular formula is C13H21NO3. The zero-order valence-corrected chi connectivity index (χ0v) is 10.6. The van der Waals surface area contributed by atoms with Crippen molar-refractivity contribution < 1.29 is 14.3 Å². The van der Waals surface area contributed by atoms with Crippen LogP contribution in [0.1, 0.15) is 39.0 Å². The molecule has 0 aromatic heterocycles. The summed E-state index contributed by atoms with van der Waals surface area (Å²) in [5.41, 5.74) is 0. The van der Waals surface area contributed by atoms with Crippen LogP contribution in [0.15, 0.2) is 0 Å². The third-order valence-corrected chi connectivity index (χ3v) is 3.96. The molecule has 2 aliphatic rings. The Kier molecular flexibility index (Phi) is 3.82. The van der Waals surface area contributed by atoms with Crippen molar-refractivity contribution in [3.63, 3.8) is 0 Å². The van der Waals surface area contributed by atoms with Crippen molar-refractivity contribution in [3.05, 3.63) is 0 Å². The molecule has 2 atom stereocenters. The maximum absolute atomic E-state index is 12.2. The quantitative estimate of drug-likeness (QED) is 0.731. The molecule has 1 amide bonds. The van der Waals surface area contributed by atoms with Crippen LogP contribution in [0.4, 0.5) is 0 Å². The smallest absolute Gasteiger partial charge is 0.228 e. The van der Waals surface area contributed by atoms with Crippen molar-refractivity contribution in [2.24, 2.45) is 5.92 Å². The molecule has 17 heavy (non-hydrogen) atoms. The predicted molar refractivity (Wildman–Crippen MR) is 63.6 cm³/mol. The molecule has 0 N–H and O–H groups in total. The maximum Gasteiger partial charge on any atom is 0.228 e. The van der Waals surface area contributed by atoms with E-state index >= 15 is 0 Å². The molecule has 2 fully saturated rings. The number of amides is 1. The highest BCUT2D eigenvalue weighted by Gasteiger charge is 2.33. The highest BCUT2D eigenvalue weighted by molar-refractivity contribution is 5.81. The lowest BCUT2D eigenvalue weighted by Crippen LogP contribution is -2.42. The van der Waals surface area contributed by atoms with Crippen molar-refractivity contribution in [1.82, 2.24) is 4.90 Å². The Morgan fingerprint density at radius 2 is 2.00 bits per heavy atom. The molecule has 1 aliphatic heterocycles. The first-order valence-electron chi connectivity index (χ1n) is 6.48. The van der Waals surface area contributed by atoms with Gasteiger partial charge in [-0.1, -0.05) is 0 Å². The average Bonchev–Trinajstić information content (AvgIpc) is 2.75. The van der Waals surface area contributed by atoms with Gasteiger partial charge in [0.25, 0.3) is 0 Å². The van der Waals surface area contributed by atoms with Gasteiger partial charge in [0.1, 0.15) is 5.78 Å². The standard InChI is InChI=1S/C13H21NO3/c1-9-7-10(8-17-9)13(16)14(2)11-3-5-12(15)6-4-11/h9-11H,3-8H2,1-2H3. The number of carbonyl (C=O) groups is 2. The van der Waals surface area contributed by atoms with E-state index in [9.17, 15) is 9.59 Å². The zero-order chi connectivity index (χ0) is 12.4. The number of ketones is 1. The molecule has 0 bridgehead atoms. The first kappa shape index (κ1) is 12.6. The van der Waals surface area contributed by atoms with Crippen LogP contribution in [0, 0.1) is 5.92 Å². The van der Waals surface area contributed by atoms with Crippen molar-refractivity contribution in [2.45, 2.75) is 51.2 Å². The minimum atomic E-state index is 0.0210. The second kappa shape index (κ2) is 5.17. The lowest BCUT2D eigenvalue weighted by Gasteiger charge is -2.32. The molecule has 0 spiro atoms. The lowest BCUT2D eigenvalue weighted by atomic mass is 9.92. The second-order valence-corrected chi connectivity index (χ2v) is 5.30. The van der Waals surface area contributed by atoms with Gasteiger partial charge in [-0.05, 0) is 26.2 Å². The summed E-state index contributed by atoms with van der Waals surface area (Å²) in [6, 6.07) is 0.246. The fraction of sp³-hybridized carbons (Fsp3) is 0.846. The van der Waals surface area contributed by atoms with Crippen LogP contribution in [-0.4, -0.2) is 42.4 Å². The van der Waals surface area contributed by atoms with E-state index in [0.29, 0.717) is 25.2 Å². The Bertz CT molecular complexity index is 306. The monoisotopic (exact) mass is 239 g/mol. The van der Waals surface area contributed by atoms with E-state index in [1.54, 1.807) is 0 Å². The highest BCUT2D eigenvalue weighted by Crippen LogP contribution is 2.25. The SMILES string of the molecule is CC1CC(C(=O)N(C)C2CCC(=O)CC2)CO1. The van der Waals surface area contributed by atoms with E-state index < -0.39 is 0 Å². The Morgan fingerprint density at radius 3 is 2.53 bits per heavy atom. The third kappa shape index (κ3) is 2.86. The summed E-state index contributed by atoms with van der Waals surface area (Å²) < 4.78 is 5.44. The number of hydrogen-bond donors (Lipinski definition) is 0. The van der Waals surface area contributed by atoms with Crippen LogP contribution in [0.25, 0.3) is 0 Å². The summed E-state index contributed by atoms with van der Waals surface area (Å²) in [6.07, 6.45) is 3.92. The summed E-state index contributed by atoms with van der Waals surface area (Å²) in [5.74, 6) is 0.543. The number of nitrogens with zero attached hydrogens (tertiary/aromatic N) is 1. The Hall–Kier alpha value is -0.900.